The molecule has 0 spiro atoms. The van der Waals surface area contributed by atoms with Crippen molar-refractivity contribution in [2.45, 2.75) is 13.0 Å². The second kappa shape index (κ2) is 4.64. The summed E-state index contributed by atoms with van der Waals surface area (Å²) in [6.07, 6.45) is 3.02. The van der Waals surface area contributed by atoms with Crippen LogP contribution in [0.3, 0.4) is 0 Å². The van der Waals surface area contributed by atoms with Crippen molar-refractivity contribution in [2.75, 3.05) is 0 Å². The van der Waals surface area contributed by atoms with Gasteiger partial charge in [-0.15, -0.1) is 0 Å². The second-order valence-corrected chi connectivity index (χ2v) is 5.34. The van der Waals surface area contributed by atoms with Gasteiger partial charge in [-0.3, -0.25) is 0 Å². The minimum Gasteiger partial charge on any atom is -0.345 e. The molecule has 0 saturated heterocycles. The molecule has 0 unspecified atom stereocenters. The van der Waals surface area contributed by atoms with Gasteiger partial charge in [0.15, 0.2) is 0 Å². The molecule has 0 atom stereocenters. The Bertz CT molecular complexity index is 851. The number of nitriles is 1. The molecular weight excluding hydrogens is 256 g/mol. The SMILES string of the molecule is N#Cc1cn2c(c1-c1ccccc1)-c1ccccc1CC2. The van der Waals surface area contributed by atoms with Crippen molar-refractivity contribution < 1.29 is 0 Å². The number of benzene rings is 2. The Labute approximate surface area is 123 Å². The number of aryl methyl sites for hydroxylation is 2. The van der Waals surface area contributed by atoms with Crippen LogP contribution < -0.4 is 0 Å². The van der Waals surface area contributed by atoms with Crippen LogP contribution >= 0.6 is 0 Å². The van der Waals surface area contributed by atoms with E-state index in [1.807, 2.05) is 24.4 Å². The largest absolute Gasteiger partial charge is 0.345 e. The van der Waals surface area contributed by atoms with Crippen molar-refractivity contribution in [2.24, 2.45) is 0 Å². The minimum absolute atomic E-state index is 0.757. The predicted octanol–water partition coefficient (Wildman–Crippen LogP) is 4.25. The molecule has 2 heterocycles. The zero-order valence-corrected chi connectivity index (χ0v) is 11.6. The van der Waals surface area contributed by atoms with Gasteiger partial charge in [0, 0.05) is 23.9 Å². The van der Waals surface area contributed by atoms with Gasteiger partial charge >= 0.3 is 0 Å². The maximum Gasteiger partial charge on any atom is 0.101 e. The summed E-state index contributed by atoms with van der Waals surface area (Å²) in [5.41, 5.74) is 6.73. The van der Waals surface area contributed by atoms with Crippen LogP contribution in [-0.2, 0) is 13.0 Å². The average Bonchev–Trinajstić information content (AvgIpc) is 2.94. The molecule has 2 heteroatoms. The number of fused-ring (bicyclic) bond motifs is 3. The first-order chi connectivity index (χ1) is 10.4. The molecule has 1 aliphatic rings. The van der Waals surface area contributed by atoms with Crippen LogP contribution in [0.15, 0.2) is 60.8 Å². The van der Waals surface area contributed by atoms with E-state index >= 15 is 0 Å². The first kappa shape index (κ1) is 12.0. The fourth-order valence-corrected chi connectivity index (χ4v) is 3.21. The van der Waals surface area contributed by atoms with Crippen molar-refractivity contribution in [1.29, 1.82) is 5.26 Å². The summed E-state index contributed by atoms with van der Waals surface area (Å²) in [7, 11) is 0. The van der Waals surface area contributed by atoms with E-state index in [0.717, 1.165) is 29.7 Å². The highest BCUT2D eigenvalue weighted by atomic mass is 15.0. The standard InChI is InChI=1S/C19H14N2/c20-12-16-13-21-11-10-14-6-4-5-9-17(14)19(21)18(16)15-7-2-1-3-8-15/h1-9,13H,10-11H2. The summed E-state index contributed by atoms with van der Waals surface area (Å²) in [6.45, 7) is 0.938. The third kappa shape index (κ3) is 1.79. The zero-order valence-electron chi connectivity index (χ0n) is 11.6. The average molecular weight is 270 g/mol. The monoisotopic (exact) mass is 270 g/mol. The third-order valence-corrected chi connectivity index (χ3v) is 4.16. The predicted molar refractivity (Wildman–Crippen MR) is 83.7 cm³/mol. The van der Waals surface area contributed by atoms with E-state index in [1.165, 1.54) is 16.8 Å². The first-order valence-electron chi connectivity index (χ1n) is 7.15. The Balaban J connectivity index is 2.06. The molecule has 0 amide bonds. The smallest absolute Gasteiger partial charge is 0.101 e. The number of hydrogen-bond donors (Lipinski definition) is 0. The van der Waals surface area contributed by atoms with E-state index in [1.54, 1.807) is 0 Å². The summed E-state index contributed by atoms with van der Waals surface area (Å²) < 4.78 is 2.23. The molecular formula is C19H14N2. The zero-order chi connectivity index (χ0) is 14.2. The van der Waals surface area contributed by atoms with Crippen LogP contribution in [0.25, 0.3) is 22.4 Å². The van der Waals surface area contributed by atoms with Gasteiger partial charge in [-0.05, 0) is 17.5 Å². The molecule has 2 aromatic carbocycles. The molecule has 1 aromatic heterocycles. The number of rotatable bonds is 1. The van der Waals surface area contributed by atoms with Crippen LogP contribution in [0, 0.1) is 11.3 Å². The Kier molecular flexibility index (Phi) is 2.65. The van der Waals surface area contributed by atoms with Gasteiger partial charge in [-0.2, -0.15) is 5.26 Å². The Morgan fingerprint density at radius 3 is 2.52 bits per heavy atom. The minimum atomic E-state index is 0.757. The van der Waals surface area contributed by atoms with Crippen molar-refractivity contribution in [3.63, 3.8) is 0 Å². The molecule has 3 aromatic rings. The number of nitrogens with zero attached hydrogens (tertiary/aromatic N) is 2. The molecule has 0 N–H and O–H groups in total. The lowest BCUT2D eigenvalue weighted by molar-refractivity contribution is 0.689. The molecule has 21 heavy (non-hydrogen) atoms. The molecule has 0 bridgehead atoms. The van der Waals surface area contributed by atoms with E-state index in [0.29, 0.717) is 0 Å². The molecule has 2 nitrogen and oxygen atoms in total. The van der Waals surface area contributed by atoms with Gasteiger partial charge in [0.05, 0.1) is 11.3 Å². The first-order valence-corrected chi connectivity index (χ1v) is 7.15. The van der Waals surface area contributed by atoms with Crippen molar-refractivity contribution in [3.05, 3.63) is 71.9 Å². The third-order valence-electron chi connectivity index (χ3n) is 4.16. The summed E-state index contributed by atoms with van der Waals surface area (Å²) >= 11 is 0. The summed E-state index contributed by atoms with van der Waals surface area (Å²) in [5, 5.41) is 9.51. The Morgan fingerprint density at radius 1 is 0.952 bits per heavy atom. The summed E-state index contributed by atoms with van der Waals surface area (Å²) in [4.78, 5) is 0. The van der Waals surface area contributed by atoms with E-state index < -0.39 is 0 Å². The van der Waals surface area contributed by atoms with Gasteiger partial charge in [0.1, 0.15) is 6.07 Å². The van der Waals surface area contributed by atoms with Crippen LogP contribution in [0.2, 0.25) is 0 Å². The molecule has 0 radical (unpaired) electrons. The van der Waals surface area contributed by atoms with E-state index in [2.05, 4.69) is 47.0 Å². The van der Waals surface area contributed by atoms with Crippen molar-refractivity contribution >= 4 is 0 Å². The van der Waals surface area contributed by atoms with Crippen LogP contribution in [0.5, 0.6) is 0 Å². The quantitative estimate of drug-likeness (QED) is 0.650. The van der Waals surface area contributed by atoms with Gasteiger partial charge in [0.2, 0.25) is 0 Å². The van der Waals surface area contributed by atoms with Gasteiger partial charge in [-0.1, -0.05) is 54.6 Å². The maximum atomic E-state index is 9.51. The molecule has 0 fully saturated rings. The van der Waals surface area contributed by atoms with E-state index in [9.17, 15) is 5.26 Å². The number of aromatic nitrogens is 1. The van der Waals surface area contributed by atoms with Crippen LogP contribution in [0.4, 0.5) is 0 Å². The van der Waals surface area contributed by atoms with Crippen LogP contribution in [0.1, 0.15) is 11.1 Å². The Morgan fingerprint density at radius 2 is 1.71 bits per heavy atom. The highest BCUT2D eigenvalue weighted by Crippen LogP contribution is 2.40. The molecule has 0 saturated carbocycles. The van der Waals surface area contributed by atoms with E-state index in [4.69, 9.17) is 0 Å². The van der Waals surface area contributed by atoms with Gasteiger partial charge < -0.3 is 4.57 Å². The van der Waals surface area contributed by atoms with Crippen molar-refractivity contribution in [1.82, 2.24) is 4.57 Å². The van der Waals surface area contributed by atoms with Crippen LogP contribution in [-0.4, -0.2) is 4.57 Å². The Hall–Kier alpha value is -2.79. The lowest BCUT2D eigenvalue weighted by Gasteiger charge is -2.20. The molecule has 100 valence electrons. The number of hydrogen-bond acceptors (Lipinski definition) is 1. The maximum absolute atomic E-state index is 9.51. The molecule has 4 rings (SSSR count). The fourth-order valence-electron chi connectivity index (χ4n) is 3.21. The molecule has 0 aliphatic carbocycles. The summed E-state index contributed by atoms with van der Waals surface area (Å²) in [5.74, 6) is 0. The summed E-state index contributed by atoms with van der Waals surface area (Å²) in [6, 6.07) is 21.1. The lowest BCUT2D eigenvalue weighted by atomic mass is 9.93. The highest BCUT2D eigenvalue weighted by Gasteiger charge is 2.23. The lowest BCUT2D eigenvalue weighted by Crippen LogP contribution is -2.09. The van der Waals surface area contributed by atoms with Crippen molar-refractivity contribution in [3.8, 4) is 28.5 Å². The highest BCUT2D eigenvalue weighted by molar-refractivity contribution is 5.87. The van der Waals surface area contributed by atoms with Gasteiger partial charge in [0.25, 0.3) is 0 Å². The normalized spacial score (nSPS) is 12.3. The van der Waals surface area contributed by atoms with E-state index in [-0.39, 0.29) is 0 Å². The second-order valence-electron chi connectivity index (χ2n) is 5.34. The van der Waals surface area contributed by atoms with Gasteiger partial charge in [-0.25, -0.2) is 0 Å². The fraction of sp³-hybridized carbons (Fsp3) is 0.105. The molecule has 1 aliphatic heterocycles. The topological polar surface area (TPSA) is 28.7 Å².